The third kappa shape index (κ3) is 3.84. The minimum absolute atomic E-state index is 0.0385. The predicted molar refractivity (Wildman–Crippen MR) is 109 cm³/mol. The van der Waals surface area contributed by atoms with E-state index in [9.17, 15) is 13.2 Å². The van der Waals surface area contributed by atoms with Crippen LogP contribution in [-0.4, -0.2) is 30.4 Å². The molecule has 7 heteroatoms. The smallest absolute Gasteiger partial charge is 0.256 e. The first kappa shape index (κ1) is 18.4. The molecule has 3 aromatic rings. The van der Waals surface area contributed by atoms with Gasteiger partial charge in [0.25, 0.3) is 5.91 Å². The fourth-order valence-corrected chi connectivity index (χ4v) is 4.31. The van der Waals surface area contributed by atoms with Crippen LogP contribution in [0.1, 0.15) is 33.6 Å². The average molecular weight is 395 g/mol. The molecule has 1 aromatic heterocycles. The summed E-state index contributed by atoms with van der Waals surface area (Å²) in [6.07, 6.45) is 4.04. The van der Waals surface area contributed by atoms with Crippen LogP contribution in [0.5, 0.6) is 0 Å². The second-order valence-electron chi connectivity index (χ2n) is 7.10. The number of para-hydroxylation sites is 1. The lowest BCUT2D eigenvalue weighted by molar-refractivity contribution is 0.102. The molecular weight excluding hydrogens is 374 g/mol. The standard InChI is InChI=1S/C21H21N3O3S/c1-28(26,27)14-15-10-12-16(13-11-15)21(25)22-20-18-8-5-9-19(18)23-24(20)17-6-3-2-4-7-17/h2-4,6-7,10-13H,5,8-9,14H2,1H3,(H,22,25). The Morgan fingerprint density at radius 3 is 2.46 bits per heavy atom. The number of aromatic nitrogens is 2. The van der Waals surface area contributed by atoms with E-state index in [2.05, 4.69) is 5.32 Å². The van der Waals surface area contributed by atoms with Crippen molar-refractivity contribution in [3.8, 4) is 5.69 Å². The molecule has 1 heterocycles. The lowest BCUT2D eigenvalue weighted by Gasteiger charge is -2.11. The Morgan fingerprint density at radius 1 is 1.07 bits per heavy atom. The maximum absolute atomic E-state index is 12.8. The molecule has 0 unspecified atom stereocenters. The first-order valence-electron chi connectivity index (χ1n) is 9.15. The number of carbonyl (C=O) groups excluding carboxylic acids is 1. The van der Waals surface area contributed by atoms with Crippen LogP contribution in [0.15, 0.2) is 54.6 Å². The van der Waals surface area contributed by atoms with Crippen LogP contribution in [0, 0.1) is 0 Å². The highest BCUT2D eigenvalue weighted by Gasteiger charge is 2.24. The number of sulfone groups is 1. The van der Waals surface area contributed by atoms with Crippen LogP contribution in [0.4, 0.5) is 5.82 Å². The number of hydrogen-bond acceptors (Lipinski definition) is 4. The van der Waals surface area contributed by atoms with Gasteiger partial charge in [0.1, 0.15) is 5.82 Å². The molecule has 1 N–H and O–H groups in total. The number of nitrogens with one attached hydrogen (secondary N) is 1. The first-order chi connectivity index (χ1) is 13.4. The highest BCUT2D eigenvalue weighted by molar-refractivity contribution is 7.89. The lowest BCUT2D eigenvalue weighted by Crippen LogP contribution is -2.16. The van der Waals surface area contributed by atoms with E-state index in [0.717, 1.165) is 36.2 Å². The molecule has 0 saturated heterocycles. The SMILES string of the molecule is CS(=O)(=O)Cc1ccc(C(=O)Nc2c3c(nn2-c2ccccc2)CCC3)cc1. The second-order valence-corrected chi connectivity index (χ2v) is 9.24. The minimum Gasteiger partial charge on any atom is -0.306 e. The third-order valence-electron chi connectivity index (χ3n) is 4.78. The van der Waals surface area contributed by atoms with Crippen LogP contribution in [-0.2, 0) is 28.4 Å². The summed E-state index contributed by atoms with van der Waals surface area (Å²) in [7, 11) is -3.11. The summed E-state index contributed by atoms with van der Waals surface area (Å²) in [5.41, 5.74) is 4.16. The summed E-state index contributed by atoms with van der Waals surface area (Å²) in [6, 6.07) is 16.4. The molecule has 4 rings (SSSR count). The van der Waals surface area contributed by atoms with Gasteiger partial charge < -0.3 is 5.32 Å². The van der Waals surface area contributed by atoms with Gasteiger partial charge in [-0.1, -0.05) is 30.3 Å². The zero-order chi connectivity index (χ0) is 19.7. The molecular formula is C21H21N3O3S. The van der Waals surface area contributed by atoms with Crippen molar-refractivity contribution in [2.75, 3.05) is 11.6 Å². The van der Waals surface area contributed by atoms with Gasteiger partial charge in [-0.2, -0.15) is 5.10 Å². The Hall–Kier alpha value is -2.93. The van der Waals surface area contributed by atoms with Crippen molar-refractivity contribution in [1.29, 1.82) is 0 Å². The van der Waals surface area contributed by atoms with Gasteiger partial charge in [0.05, 0.1) is 17.1 Å². The maximum Gasteiger partial charge on any atom is 0.256 e. The van der Waals surface area contributed by atoms with Gasteiger partial charge >= 0.3 is 0 Å². The fraction of sp³-hybridized carbons (Fsp3) is 0.238. The van der Waals surface area contributed by atoms with E-state index >= 15 is 0 Å². The molecule has 2 aromatic carbocycles. The molecule has 0 bridgehead atoms. The molecule has 0 aliphatic heterocycles. The van der Waals surface area contributed by atoms with Gasteiger partial charge in [-0.05, 0) is 49.1 Å². The van der Waals surface area contributed by atoms with E-state index in [4.69, 9.17) is 5.10 Å². The summed E-state index contributed by atoms with van der Waals surface area (Å²) in [5.74, 6) is 0.435. The number of benzene rings is 2. The van der Waals surface area contributed by atoms with Crippen molar-refractivity contribution in [1.82, 2.24) is 9.78 Å². The summed E-state index contributed by atoms with van der Waals surface area (Å²) >= 11 is 0. The maximum atomic E-state index is 12.8. The van der Waals surface area contributed by atoms with E-state index in [1.807, 2.05) is 30.3 Å². The number of aryl methyl sites for hydroxylation is 1. The number of anilines is 1. The minimum atomic E-state index is -3.11. The van der Waals surface area contributed by atoms with Crippen LogP contribution in [0.2, 0.25) is 0 Å². The van der Waals surface area contributed by atoms with Crippen molar-refractivity contribution < 1.29 is 13.2 Å². The zero-order valence-electron chi connectivity index (χ0n) is 15.6. The van der Waals surface area contributed by atoms with Gasteiger partial charge in [0, 0.05) is 17.4 Å². The van der Waals surface area contributed by atoms with E-state index in [1.165, 1.54) is 6.26 Å². The van der Waals surface area contributed by atoms with Gasteiger partial charge in [0.2, 0.25) is 0 Å². The Bertz CT molecular complexity index is 1120. The second kappa shape index (κ2) is 7.24. The molecule has 28 heavy (non-hydrogen) atoms. The average Bonchev–Trinajstić information content (AvgIpc) is 3.24. The molecule has 6 nitrogen and oxygen atoms in total. The number of rotatable bonds is 5. The van der Waals surface area contributed by atoms with E-state index < -0.39 is 9.84 Å². The van der Waals surface area contributed by atoms with Crippen LogP contribution in [0.3, 0.4) is 0 Å². The Kier molecular flexibility index (Phi) is 4.77. The number of hydrogen-bond donors (Lipinski definition) is 1. The molecule has 1 aliphatic rings. The number of fused-ring (bicyclic) bond motifs is 1. The highest BCUT2D eigenvalue weighted by atomic mass is 32.2. The molecule has 144 valence electrons. The summed E-state index contributed by atoms with van der Waals surface area (Å²) in [4.78, 5) is 12.8. The summed E-state index contributed by atoms with van der Waals surface area (Å²) in [6.45, 7) is 0. The van der Waals surface area contributed by atoms with Gasteiger partial charge in [-0.25, -0.2) is 13.1 Å². The monoisotopic (exact) mass is 395 g/mol. The summed E-state index contributed by atoms with van der Waals surface area (Å²) in [5, 5.41) is 7.71. The molecule has 0 atom stereocenters. The fourth-order valence-electron chi connectivity index (χ4n) is 3.51. The Labute approximate surface area is 164 Å². The van der Waals surface area contributed by atoms with Gasteiger partial charge in [0.15, 0.2) is 9.84 Å². The van der Waals surface area contributed by atoms with Crippen molar-refractivity contribution in [3.05, 3.63) is 77.0 Å². The zero-order valence-corrected chi connectivity index (χ0v) is 16.4. The quantitative estimate of drug-likeness (QED) is 0.720. The largest absolute Gasteiger partial charge is 0.306 e. The van der Waals surface area contributed by atoms with E-state index in [1.54, 1.807) is 28.9 Å². The number of nitrogens with zero attached hydrogens (tertiary/aromatic N) is 2. The highest BCUT2D eigenvalue weighted by Crippen LogP contribution is 2.31. The normalized spacial score (nSPS) is 13.3. The molecule has 0 fully saturated rings. The Balaban J connectivity index is 1.61. The van der Waals surface area contributed by atoms with Gasteiger partial charge in [-0.3, -0.25) is 4.79 Å². The topological polar surface area (TPSA) is 81.1 Å². The third-order valence-corrected chi connectivity index (χ3v) is 5.64. The molecule has 1 amide bonds. The predicted octanol–water partition coefficient (Wildman–Crippen LogP) is 3.16. The summed E-state index contributed by atoms with van der Waals surface area (Å²) < 4.78 is 24.6. The van der Waals surface area contributed by atoms with Crippen LogP contribution in [0.25, 0.3) is 5.69 Å². The van der Waals surface area contributed by atoms with Crippen LogP contribution < -0.4 is 5.32 Å². The molecule has 1 aliphatic carbocycles. The lowest BCUT2D eigenvalue weighted by atomic mass is 10.1. The molecule has 0 spiro atoms. The van der Waals surface area contributed by atoms with Crippen molar-refractivity contribution >= 4 is 21.6 Å². The molecule has 0 saturated carbocycles. The van der Waals surface area contributed by atoms with Crippen molar-refractivity contribution in [3.63, 3.8) is 0 Å². The van der Waals surface area contributed by atoms with Crippen molar-refractivity contribution in [2.45, 2.75) is 25.0 Å². The first-order valence-corrected chi connectivity index (χ1v) is 11.2. The number of carbonyl (C=O) groups is 1. The number of amides is 1. The van der Waals surface area contributed by atoms with E-state index in [-0.39, 0.29) is 11.7 Å². The van der Waals surface area contributed by atoms with Gasteiger partial charge in [-0.15, -0.1) is 0 Å². The van der Waals surface area contributed by atoms with Crippen LogP contribution >= 0.6 is 0 Å². The molecule has 0 radical (unpaired) electrons. The van der Waals surface area contributed by atoms with Crippen molar-refractivity contribution in [2.24, 2.45) is 0 Å². The van der Waals surface area contributed by atoms with E-state index in [0.29, 0.717) is 16.9 Å². The Morgan fingerprint density at radius 2 is 1.79 bits per heavy atom.